The van der Waals surface area contributed by atoms with Crippen LogP contribution in [0.2, 0.25) is 0 Å². The largest absolute Gasteiger partial charge is 0.494 e. The van der Waals surface area contributed by atoms with Gasteiger partial charge in [-0.25, -0.2) is 0 Å². The maximum Gasteiger partial charge on any atom is 0.255 e. The van der Waals surface area contributed by atoms with E-state index in [9.17, 15) is 9.59 Å². The Hall–Kier alpha value is -2.66. The number of H-pyrrole nitrogens is 1. The number of benzene rings is 1. The van der Waals surface area contributed by atoms with E-state index in [-0.39, 0.29) is 11.3 Å². The first kappa shape index (κ1) is 15.2. The number of nitrogens with one attached hydrogen (secondary N) is 1. The van der Waals surface area contributed by atoms with Crippen LogP contribution >= 0.6 is 11.3 Å². The van der Waals surface area contributed by atoms with Crippen molar-refractivity contribution >= 4 is 34.1 Å². The van der Waals surface area contributed by atoms with Gasteiger partial charge in [-0.1, -0.05) is 6.07 Å². The fraction of sp³-hybridized carbons (Fsp3) is 0.111. The lowest BCUT2D eigenvalue weighted by atomic mass is 10.1. The Bertz CT molecular complexity index is 923. The summed E-state index contributed by atoms with van der Waals surface area (Å²) >= 11 is 1.38. The van der Waals surface area contributed by atoms with E-state index in [1.807, 2.05) is 30.5 Å². The number of allylic oxidation sites excluding steroid dienone is 1. The smallest absolute Gasteiger partial charge is 0.255 e. The van der Waals surface area contributed by atoms with Crippen LogP contribution < -0.4 is 10.3 Å². The van der Waals surface area contributed by atoms with E-state index >= 15 is 0 Å². The van der Waals surface area contributed by atoms with E-state index < -0.39 is 0 Å². The van der Waals surface area contributed by atoms with E-state index in [1.165, 1.54) is 17.4 Å². The van der Waals surface area contributed by atoms with Crippen LogP contribution in [0, 0.1) is 0 Å². The van der Waals surface area contributed by atoms with Gasteiger partial charge < -0.3 is 9.72 Å². The van der Waals surface area contributed by atoms with Crippen LogP contribution in [-0.2, 0) is 0 Å². The average molecular weight is 325 g/mol. The Balaban J connectivity index is 1.92. The Kier molecular flexibility index (Phi) is 4.39. The Labute approximate surface area is 137 Å². The molecule has 0 amide bonds. The summed E-state index contributed by atoms with van der Waals surface area (Å²) < 4.78 is 5.42. The molecule has 4 nitrogen and oxygen atoms in total. The fourth-order valence-electron chi connectivity index (χ4n) is 2.24. The van der Waals surface area contributed by atoms with E-state index in [4.69, 9.17) is 4.74 Å². The molecule has 3 rings (SSSR count). The third-order valence-electron chi connectivity index (χ3n) is 3.34. The molecule has 0 atom stereocenters. The molecule has 1 aromatic carbocycles. The van der Waals surface area contributed by atoms with Gasteiger partial charge in [-0.3, -0.25) is 9.59 Å². The molecule has 116 valence electrons. The summed E-state index contributed by atoms with van der Waals surface area (Å²) in [4.78, 5) is 27.6. The quantitative estimate of drug-likeness (QED) is 0.572. The molecule has 0 unspecified atom stereocenters. The molecule has 1 N–H and O–H groups in total. The maximum atomic E-state index is 12.1. The van der Waals surface area contributed by atoms with Crippen molar-refractivity contribution in [3.8, 4) is 5.75 Å². The summed E-state index contributed by atoms with van der Waals surface area (Å²) in [6.45, 7) is 2.48. The van der Waals surface area contributed by atoms with Gasteiger partial charge in [-0.15, -0.1) is 11.3 Å². The number of hydrogen-bond donors (Lipinski definition) is 1. The number of aromatic nitrogens is 1. The maximum absolute atomic E-state index is 12.1. The minimum absolute atomic E-state index is 0.105. The van der Waals surface area contributed by atoms with Gasteiger partial charge in [0.1, 0.15) is 5.75 Å². The molecule has 0 aliphatic rings. The standard InChI is InChI=1S/C18H15NO3S/c1-2-22-14-7-5-12-10-13(18(21)19-15(12)11-14)6-8-16(20)17-4-3-9-23-17/h3-11H,2H2,1H3,(H,19,21)/b8-6+. The molecule has 0 saturated heterocycles. The normalized spacial score (nSPS) is 11.2. The predicted molar refractivity (Wildman–Crippen MR) is 93.4 cm³/mol. The molecule has 2 heterocycles. The molecule has 3 aromatic rings. The highest BCUT2D eigenvalue weighted by Crippen LogP contribution is 2.19. The molecular weight excluding hydrogens is 310 g/mol. The summed E-state index contributed by atoms with van der Waals surface area (Å²) in [5.74, 6) is 0.609. The van der Waals surface area contributed by atoms with Crippen molar-refractivity contribution in [3.05, 3.63) is 68.6 Å². The first-order chi connectivity index (χ1) is 11.2. The van der Waals surface area contributed by atoms with Crippen molar-refractivity contribution in [2.75, 3.05) is 6.61 Å². The Morgan fingerprint density at radius 1 is 1.30 bits per heavy atom. The first-order valence-electron chi connectivity index (χ1n) is 7.23. The van der Waals surface area contributed by atoms with Gasteiger partial charge in [0.15, 0.2) is 5.78 Å². The average Bonchev–Trinajstić information content (AvgIpc) is 3.07. The van der Waals surface area contributed by atoms with Gasteiger partial charge in [0.05, 0.1) is 17.0 Å². The van der Waals surface area contributed by atoms with Crippen LogP contribution in [0.3, 0.4) is 0 Å². The van der Waals surface area contributed by atoms with Crippen LogP contribution in [0.25, 0.3) is 17.0 Å². The summed E-state index contributed by atoms with van der Waals surface area (Å²) in [5.41, 5.74) is 0.927. The number of carbonyl (C=O) groups is 1. The third-order valence-corrected chi connectivity index (χ3v) is 4.22. The van der Waals surface area contributed by atoms with E-state index in [0.29, 0.717) is 28.3 Å². The predicted octanol–water partition coefficient (Wildman–Crippen LogP) is 3.88. The highest BCUT2D eigenvalue weighted by molar-refractivity contribution is 7.12. The molecule has 0 saturated carbocycles. The highest BCUT2D eigenvalue weighted by atomic mass is 32.1. The number of thiophene rings is 1. The van der Waals surface area contributed by atoms with Crippen LogP contribution in [0.1, 0.15) is 22.2 Å². The second kappa shape index (κ2) is 6.62. The molecule has 2 aromatic heterocycles. The van der Waals surface area contributed by atoms with E-state index in [2.05, 4.69) is 4.98 Å². The van der Waals surface area contributed by atoms with Crippen LogP contribution in [-0.4, -0.2) is 17.4 Å². The van der Waals surface area contributed by atoms with Crippen molar-refractivity contribution in [3.63, 3.8) is 0 Å². The molecule has 0 spiro atoms. The topological polar surface area (TPSA) is 59.2 Å². The Morgan fingerprint density at radius 2 is 2.17 bits per heavy atom. The Morgan fingerprint density at radius 3 is 2.91 bits per heavy atom. The van der Waals surface area contributed by atoms with E-state index in [1.54, 1.807) is 24.3 Å². The second-order valence-corrected chi connectivity index (χ2v) is 5.86. The zero-order valence-electron chi connectivity index (χ0n) is 12.5. The minimum Gasteiger partial charge on any atom is -0.494 e. The summed E-state index contributed by atoms with van der Waals surface area (Å²) in [6.07, 6.45) is 2.98. The van der Waals surface area contributed by atoms with Crippen LogP contribution in [0.5, 0.6) is 5.75 Å². The highest BCUT2D eigenvalue weighted by Gasteiger charge is 2.05. The van der Waals surface area contributed by atoms with Crippen molar-refractivity contribution < 1.29 is 9.53 Å². The van der Waals surface area contributed by atoms with Crippen LogP contribution in [0.15, 0.2) is 52.6 Å². The van der Waals surface area contributed by atoms with Crippen molar-refractivity contribution in [2.45, 2.75) is 6.92 Å². The van der Waals surface area contributed by atoms with Crippen molar-refractivity contribution in [2.24, 2.45) is 0 Å². The number of rotatable bonds is 5. The van der Waals surface area contributed by atoms with Gasteiger partial charge >= 0.3 is 0 Å². The molecule has 23 heavy (non-hydrogen) atoms. The summed E-state index contributed by atoms with van der Waals surface area (Å²) in [5, 5.41) is 2.73. The number of hydrogen-bond acceptors (Lipinski definition) is 4. The lowest BCUT2D eigenvalue weighted by Gasteiger charge is -2.05. The van der Waals surface area contributed by atoms with E-state index in [0.717, 1.165) is 5.39 Å². The molecular formula is C18H15NO3S. The number of fused-ring (bicyclic) bond motifs is 1. The van der Waals surface area contributed by atoms with Gasteiger partial charge in [0.25, 0.3) is 5.56 Å². The second-order valence-electron chi connectivity index (χ2n) is 4.91. The molecule has 0 aliphatic heterocycles. The van der Waals surface area contributed by atoms with Gasteiger partial charge in [0, 0.05) is 11.6 Å². The van der Waals surface area contributed by atoms with Gasteiger partial charge in [0.2, 0.25) is 0 Å². The molecule has 0 aliphatic carbocycles. The zero-order valence-corrected chi connectivity index (χ0v) is 13.4. The minimum atomic E-state index is -0.235. The molecule has 0 radical (unpaired) electrons. The lowest BCUT2D eigenvalue weighted by Crippen LogP contribution is -2.09. The molecule has 5 heteroatoms. The number of carbonyl (C=O) groups excluding carboxylic acids is 1. The number of ether oxygens (including phenoxy) is 1. The zero-order chi connectivity index (χ0) is 16.2. The number of aromatic amines is 1. The van der Waals surface area contributed by atoms with Crippen molar-refractivity contribution in [1.29, 1.82) is 0 Å². The molecule has 0 bridgehead atoms. The third kappa shape index (κ3) is 3.40. The van der Waals surface area contributed by atoms with Gasteiger partial charge in [-0.2, -0.15) is 0 Å². The SMILES string of the molecule is CCOc1ccc2cc(/C=C/C(=O)c3cccs3)c(=O)[nH]c2c1. The fourth-order valence-corrected chi connectivity index (χ4v) is 2.89. The lowest BCUT2D eigenvalue weighted by molar-refractivity contribution is 0.105. The van der Waals surface area contributed by atoms with Gasteiger partial charge in [-0.05, 0) is 54.1 Å². The molecule has 0 fully saturated rings. The van der Waals surface area contributed by atoms with Crippen molar-refractivity contribution in [1.82, 2.24) is 4.98 Å². The number of pyridine rings is 1. The van der Waals surface area contributed by atoms with Crippen LogP contribution in [0.4, 0.5) is 0 Å². The number of ketones is 1. The summed E-state index contributed by atoms with van der Waals surface area (Å²) in [7, 11) is 0. The first-order valence-corrected chi connectivity index (χ1v) is 8.11. The summed E-state index contributed by atoms with van der Waals surface area (Å²) in [6, 6.07) is 10.9. The monoisotopic (exact) mass is 325 g/mol.